The van der Waals surface area contributed by atoms with E-state index < -0.39 is 11.9 Å². The zero-order valence-corrected chi connectivity index (χ0v) is 20.8. The third-order valence-electron chi connectivity index (χ3n) is 4.98. The largest absolute Gasteiger partial charge is 0.507 e. The Morgan fingerprint density at radius 3 is 2.44 bits per heavy atom. The van der Waals surface area contributed by atoms with Crippen LogP contribution in [0.5, 0.6) is 28.7 Å². The highest BCUT2D eigenvalue weighted by molar-refractivity contribution is 9.11. The second kappa shape index (κ2) is 10.4. The number of aromatic hydroxyl groups is 1. The normalized spacial score (nSPS) is 11.8. The molecule has 1 heterocycles. The number of hydrogen-bond acceptors (Lipinski definition) is 6. The molecule has 0 aromatic heterocycles. The summed E-state index contributed by atoms with van der Waals surface area (Å²) in [5.74, 6) is 0.547. The van der Waals surface area contributed by atoms with Gasteiger partial charge in [-0.1, -0.05) is 6.07 Å². The molecule has 0 saturated heterocycles. The standard InChI is InChI=1S/C24H19Br2NO7/c25-17-7-14(10-22(29)30)8-18(26)23(17)34-15-2-3-19(28)16(11-15)24(31)27-6-5-13-1-4-20-21(9-13)33-12-32-20/h1-4,7-9,11,28H,5-6,10,12H2,(H,27,31)(H,29,30). The van der Waals surface area contributed by atoms with Crippen LogP contribution in [0.2, 0.25) is 0 Å². The molecule has 8 nitrogen and oxygen atoms in total. The molecule has 0 radical (unpaired) electrons. The molecule has 0 saturated carbocycles. The number of ether oxygens (including phenoxy) is 3. The van der Waals surface area contributed by atoms with E-state index in [1.807, 2.05) is 18.2 Å². The van der Waals surface area contributed by atoms with E-state index in [0.717, 1.165) is 5.56 Å². The van der Waals surface area contributed by atoms with E-state index in [0.29, 0.717) is 50.5 Å². The lowest BCUT2D eigenvalue weighted by molar-refractivity contribution is -0.136. The second-order valence-electron chi connectivity index (χ2n) is 7.43. The minimum atomic E-state index is -0.944. The van der Waals surface area contributed by atoms with Crippen molar-refractivity contribution in [3.05, 3.63) is 74.2 Å². The van der Waals surface area contributed by atoms with E-state index in [9.17, 15) is 14.7 Å². The maximum absolute atomic E-state index is 12.7. The SMILES string of the molecule is O=C(O)Cc1cc(Br)c(Oc2ccc(O)c(C(=O)NCCc3ccc4c(c3)OCO4)c2)c(Br)c1. The predicted octanol–water partition coefficient (Wildman–Crippen LogP) is 5.04. The number of benzene rings is 3. The number of carboxylic acids is 1. The molecule has 1 amide bonds. The Bertz CT molecular complexity index is 1240. The number of aliphatic carboxylic acids is 1. The quantitative estimate of drug-likeness (QED) is 0.336. The third-order valence-corrected chi connectivity index (χ3v) is 6.16. The van der Waals surface area contributed by atoms with E-state index in [-0.39, 0.29) is 24.5 Å². The van der Waals surface area contributed by atoms with Crippen molar-refractivity contribution in [3.63, 3.8) is 0 Å². The van der Waals surface area contributed by atoms with Crippen LogP contribution in [0.1, 0.15) is 21.5 Å². The van der Waals surface area contributed by atoms with Crippen LogP contribution in [0.4, 0.5) is 0 Å². The number of nitrogens with one attached hydrogen (secondary N) is 1. The van der Waals surface area contributed by atoms with Crippen LogP contribution in [-0.4, -0.2) is 35.4 Å². The lowest BCUT2D eigenvalue weighted by Crippen LogP contribution is -2.25. The summed E-state index contributed by atoms with van der Waals surface area (Å²) in [5.41, 5.74) is 1.64. The molecule has 0 aliphatic carbocycles. The first kappa shape index (κ1) is 23.9. The number of amides is 1. The van der Waals surface area contributed by atoms with Crippen molar-refractivity contribution < 1.29 is 34.0 Å². The van der Waals surface area contributed by atoms with Crippen LogP contribution < -0.4 is 19.5 Å². The van der Waals surface area contributed by atoms with Crippen LogP contribution in [0.15, 0.2) is 57.5 Å². The number of carbonyl (C=O) groups excluding carboxylic acids is 1. The Balaban J connectivity index is 1.42. The van der Waals surface area contributed by atoms with Gasteiger partial charge in [0.2, 0.25) is 6.79 Å². The molecule has 3 N–H and O–H groups in total. The van der Waals surface area contributed by atoms with Gasteiger partial charge >= 0.3 is 5.97 Å². The Hall–Kier alpha value is -3.24. The maximum Gasteiger partial charge on any atom is 0.307 e. The lowest BCUT2D eigenvalue weighted by Gasteiger charge is -2.13. The number of phenolic OH excluding ortho intramolecular Hbond substituents is 1. The fourth-order valence-corrected chi connectivity index (χ4v) is 4.82. The summed E-state index contributed by atoms with van der Waals surface area (Å²) in [6.07, 6.45) is 0.440. The van der Waals surface area contributed by atoms with Gasteiger partial charge in [-0.15, -0.1) is 0 Å². The van der Waals surface area contributed by atoms with Gasteiger partial charge in [0.25, 0.3) is 5.91 Å². The zero-order chi connectivity index (χ0) is 24.2. The Morgan fingerprint density at radius 1 is 0.971 bits per heavy atom. The smallest absolute Gasteiger partial charge is 0.307 e. The van der Waals surface area contributed by atoms with Gasteiger partial charge < -0.3 is 29.7 Å². The number of rotatable bonds is 8. The highest BCUT2D eigenvalue weighted by Gasteiger charge is 2.17. The fraction of sp³-hybridized carbons (Fsp3) is 0.167. The van der Waals surface area contributed by atoms with Gasteiger partial charge in [-0.2, -0.15) is 0 Å². The minimum absolute atomic E-state index is 0.0675. The molecule has 1 aliphatic heterocycles. The summed E-state index contributed by atoms with van der Waals surface area (Å²) in [7, 11) is 0. The molecular weight excluding hydrogens is 574 g/mol. The maximum atomic E-state index is 12.7. The summed E-state index contributed by atoms with van der Waals surface area (Å²) in [5, 5.41) is 22.0. The van der Waals surface area contributed by atoms with Gasteiger partial charge in [-0.05, 0) is 91.9 Å². The number of carbonyl (C=O) groups is 2. The average molecular weight is 593 g/mol. The molecular formula is C24H19Br2NO7. The van der Waals surface area contributed by atoms with E-state index >= 15 is 0 Å². The molecule has 3 aromatic carbocycles. The number of hydrogen-bond donors (Lipinski definition) is 3. The van der Waals surface area contributed by atoms with Gasteiger partial charge in [0.05, 0.1) is 20.9 Å². The fourth-order valence-electron chi connectivity index (χ4n) is 3.38. The van der Waals surface area contributed by atoms with Gasteiger partial charge in [-0.3, -0.25) is 9.59 Å². The molecule has 34 heavy (non-hydrogen) atoms. The van der Waals surface area contributed by atoms with Crippen molar-refractivity contribution in [2.75, 3.05) is 13.3 Å². The number of carboxylic acid groups (broad SMARTS) is 1. The Morgan fingerprint density at radius 2 is 1.71 bits per heavy atom. The van der Waals surface area contributed by atoms with Crippen LogP contribution in [0.3, 0.4) is 0 Å². The molecule has 0 fully saturated rings. The van der Waals surface area contributed by atoms with Crippen molar-refractivity contribution >= 4 is 43.7 Å². The molecule has 10 heteroatoms. The summed E-state index contributed by atoms with van der Waals surface area (Å²) in [6, 6.07) is 13.3. The van der Waals surface area contributed by atoms with E-state index in [1.54, 1.807) is 12.1 Å². The summed E-state index contributed by atoms with van der Waals surface area (Å²) in [6.45, 7) is 0.554. The molecule has 0 bridgehead atoms. The number of halogens is 2. The van der Waals surface area contributed by atoms with E-state index in [4.69, 9.17) is 19.3 Å². The summed E-state index contributed by atoms with van der Waals surface area (Å²) in [4.78, 5) is 23.7. The molecule has 1 aliphatic rings. The van der Waals surface area contributed by atoms with Crippen molar-refractivity contribution in [1.29, 1.82) is 0 Å². The zero-order valence-electron chi connectivity index (χ0n) is 17.6. The van der Waals surface area contributed by atoms with Gasteiger partial charge in [0.1, 0.15) is 11.5 Å². The Kier molecular flexibility index (Phi) is 7.28. The number of fused-ring (bicyclic) bond motifs is 1. The molecule has 0 atom stereocenters. The first-order valence-electron chi connectivity index (χ1n) is 10.2. The van der Waals surface area contributed by atoms with Crippen LogP contribution in [0, 0.1) is 0 Å². The number of phenols is 1. The molecule has 4 rings (SSSR count). The minimum Gasteiger partial charge on any atom is -0.507 e. The van der Waals surface area contributed by atoms with Crippen molar-refractivity contribution in [1.82, 2.24) is 5.32 Å². The molecule has 176 valence electrons. The van der Waals surface area contributed by atoms with Gasteiger partial charge in [-0.25, -0.2) is 0 Å². The third kappa shape index (κ3) is 5.63. The molecule has 0 spiro atoms. The van der Waals surface area contributed by atoms with Crippen LogP contribution in [-0.2, 0) is 17.6 Å². The highest BCUT2D eigenvalue weighted by Crippen LogP contribution is 2.39. The monoisotopic (exact) mass is 591 g/mol. The van der Waals surface area contributed by atoms with Gasteiger partial charge in [0, 0.05) is 6.54 Å². The van der Waals surface area contributed by atoms with Crippen molar-refractivity contribution in [2.45, 2.75) is 12.8 Å². The molecule has 0 unspecified atom stereocenters. The van der Waals surface area contributed by atoms with E-state index in [1.165, 1.54) is 18.2 Å². The summed E-state index contributed by atoms with van der Waals surface area (Å²) >= 11 is 6.78. The Labute approximate surface area is 211 Å². The van der Waals surface area contributed by atoms with Gasteiger partial charge in [0.15, 0.2) is 17.2 Å². The predicted molar refractivity (Wildman–Crippen MR) is 130 cm³/mol. The first-order valence-corrected chi connectivity index (χ1v) is 11.8. The van der Waals surface area contributed by atoms with Crippen LogP contribution in [0.25, 0.3) is 0 Å². The second-order valence-corrected chi connectivity index (χ2v) is 9.14. The highest BCUT2D eigenvalue weighted by atomic mass is 79.9. The molecule has 3 aromatic rings. The topological polar surface area (TPSA) is 114 Å². The van der Waals surface area contributed by atoms with Crippen LogP contribution >= 0.6 is 31.9 Å². The lowest BCUT2D eigenvalue weighted by atomic mass is 10.1. The first-order chi connectivity index (χ1) is 16.3. The van der Waals surface area contributed by atoms with Crippen molar-refractivity contribution in [2.24, 2.45) is 0 Å². The van der Waals surface area contributed by atoms with Crippen molar-refractivity contribution in [3.8, 4) is 28.7 Å². The average Bonchev–Trinajstić information content (AvgIpc) is 3.25. The summed E-state index contributed by atoms with van der Waals surface area (Å²) < 4.78 is 17.6. The van der Waals surface area contributed by atoms with E-state index in [2.05, 4.69) is 37.2 Å².